The van der Waals surface area contributed by atoms with Crippen molar-refractivity contribution in [3.63, 3.8) is 0 Å². The van der Waals surface area contributed by atoms with E-state index in [1.54, 1.807) is 12.1 Å². The molecular weight excluding hydrogens is 272 g/mol. The molecule has 0 aliphatic rings. The Morgan fingerprint density at radius 3 is 2.40 bits per heavy atom. The molecule has 0 radical (unpaired) electrons. The number of para-hydroxylation sites is 1. The molecule has 2 nitrogen and oxygen atoms in total. The van der Waals surface area contributed by atoms with Gasteiger partial charge in [-0.2, -0.15) is 0 Å². The van der Waals surface area contributed by atoms with E-state index in [2.05, 4.69) is 0 Å². The van der Waals surface area contributed by atoms with Gasteiger partial charge in [0.25, 0.3) is 0 Å². The smallest absolute Gasteiger partial charge is 0.228 e. The summed E-state index contributed by atoms with van der Waals surface area (Å²) in [5.74, 6) is 0.196. The van der Waals surface area contributed by atoms with Crippen LogP contribution in [0.25, 0.3) is 11.0 Å². The molecule has 0 amide bonds. The molecule has 3 aromatic rings. The third-order valence-electron chi connectivity index (χ3n) is 3.20. The van der Waals surface area contributed by atoms with E-state index in [4.69, 9.17) is 16.0 Å². The Bertz CT molecular complexity index is 795. The van der Waals surface area contributed by atoms with Crippen LogP contribution in [0.4, 0.5) is 0 Å². The number of carbonyl (C=O) groups excluding carboxylic acids is 1. The number of halogens is 1. The fourth-order valence-corrected chi connectivity index (χ4v) is 2.61. The Morgan fingerprint density at radius 2 is 1.75 bits per heavy atom. The first-order chi connectivity index (χ1) is 9.54. The van der Waals surface area contributed by atoms with Crippen LogP contribution in [0.2, 0.25) is 5.02 Å². The maximum Gasteiger partial charge on any atom is 0.228 e. The summed E-state index contributed by atoms with van der Waals surface area (Å²) in [4.78, 5) is 12.5. The third kappa shape index (κ3) is 2.23. The Labute approximate surface area is 122 Å². The van der Waals surface area contributed by atoms with Gasteiger partial charge < -0.3 is 4.42 Å². The summed E-state index contributed by atoms with van der Waals surface area (Å²) in [7, 11) is 0. The van der Waals surface area contributed by atoms with Crippen LogP contribution in [0.15, 0.2) is 46.9 Å². The summed E-state index contributed by atoms with van der Waals surface area (Å²) in [6.07, 6.45) is 0. The summed E-state index contributed by atoms with van der Waals surface area (Å²) < 4.78 is 5.61. The van der Waals surface area contributed by atoms with Gasteiger partial charge in [0.05, 0.1) is 5.02 Å². The van der Waals surface area contributed by atoms with Crippen LogP contribution in [-0.2, 0) is 0 Å². The summed E-state index contributed by atoms with van der Waals surface area (Å²) in [5, 5.41) is 1.35. The van der Waals surface area contributed by atoms with Crippen LogP contribution >= 0.6 is 11.6 Å². The van der Waals surface area contributed by atoms with E-state index in [9.17, 15) is 4.79 Å². The van der Waals surface area contributed by atoms with Gasteiger partial charge >= 0.3 is 0 Å². The molecule has 0 saturated heterocycles. The zero-order valence-electron chi connectivity index (χ0n) is 11.2. The average Bonchev–Trinajstić information content (AvgIpc) is 2.82. The van der Waals surface area contributed by atoms with Crippen molar-refractivity contribution >= 4 is 28.4 Å². The first kappa shape index (κ1) is 12.9. The van der Waals surface area contributed by atoms with Crippen LogP contribution in [0.3, 0.4) is 0 Å². The maximum atomic E-state index is 12.5. The molecule has 0 saturated carbocycles. The van der Waals surface area contributed by atoms with Gasteiger partial charge in [0, 0.05) is 10.9 Å². The topological polar surface area (TPSA) is 30.2 Å². The first-order valence-electron chi connectivity index (χ1n) is 6.35. The molecule has 3 rings (SSSR count). The van der Waals surface area contributed by atoms with Crippen molar-refractivity contribution in [3.8, 4) is 0 Å². The van der Waals surface area contributed by atoms with Gasteiger partial charge in [-0.05, 0) is 38.1 Å². The van der Waals surface area contributed by atoms with Crippen LogP contribution in [0.5, 0.6) is 0 Å². The molecule has 0 N–H and O–H groups in total. The number of benzene rings is 2. The minimum absolute atomic E-state index is 0.121. The van der Waals surface area contributed by atoms with E-state index in [0.29, 0.717) is 21.9 Å². The van der Waals surface area contributed by atoms with Crippen molar-refractivity contribution in [3.05, 3.63) is 69.9 Å². The molecule has 0 bridgehead atoms. The predicted molar refractivity (Wildman–Crippen MR) is 80.6 cm³/mol. The van der Waals surface area contributed by atoms with E-state index >= 15 is 0 Å². The zero-order valence-corrected chi connectivity index (χ0v) is 12.0. The minimum Gasteiger partial charge on any atom is -0.451 e. The Hall–Kier alpha value is -2.06. The lowest BCUT2D eigenvalue weighted by atomic mass is 10.0. The van der Waals surface area contributed by atoms with Crippen LogP contribution in [0, 0.1) is 13.8 Å². The van der Waals surface area contributed by atoms with Gasteiger partial charge in [-0.15, -0.1) is 0 Å². The van der Waals surface area contributed by atoms with Crippen molar-refractivity contribution in [2.75, 3.05) is 0 Å². The largest absolute Gasteiger partial charge is 0.451 e. The summed E-state index contributed by atoms with van der Waals surface area (Å²) in [6.45, 7) is 3.94. The lowest BCUT2D eigenvalue weighted by molar-refractivity contribution is 0.101. The van der Waals surface area contributed by atoms with Crippen LogP contribution in [-0.4, -0.2) is 5.78 Å². The van der Waals surface area contributed by atoms with Gasteiger partial charge in [-0.1, -0.05) is 40.9 Å². The number of hydrogen-bond acceptors (Lipinski definition) is 2. The highest BCUT2D eigenvalue weighted by Crippen LogP contribution is 2.28. The summed E-state index contributed by atoms with van der Waals surface area (Å²) in [6, 6.07) is 13.0. The lowest BCUT2D eigenvalue weighted by Gasteiger charge is -2.02. The first-order valence-corrected chi connectivity index (χ1v) is 6.73. The van der Waals surface area contributed by atoms with Gasteiger partial charge in [0.1, 0.15) is 0 Å². The highest BCUT2D eigenvalue weighted by Gasteiger charge is 2.16. The van der Waals surface area contributed by atoms with Crippen molar-refractivity contribution in [2.45, 2.75) is 13.8 Å². The second kappa shape index (κ2) is 4.80. The fraction of sp³-hybridized carbons (Fsp3) is 0.118. The second-order valence-electron chi connectivity index (χ2n) is 4.97. The summed E-state index contributed by atoms with van der Waals surface area (Å²) in [5.41, 5.74) is 3.31. The molecule has 100 valence electrons. The number of rotatable bonds is 2. The van der Waals surface area contributed by atoms with Gasteiger partial charge in [0.2, 0.25) is 5.78 Å². The highest BCUT2D eigenvalue weighted by atomic mass is 35.5. The monoisotopic (exact) mass is 284 g/mol. The molecule has 3 heteroatoms. The second-order valence-corrected chi connectivity index (χ2v) is 5.38. The van der Waals surface area contributed by atoms with Crippen LogP contribution < -0.4 is 0 Å². The minimum atomic E-state index is -0.121. The van der Waals surface area contributed by atoms with E-state index in [1.165, 1.54) is 0 Å². The molecule has 0 spiro atoms. The molecule has 0 aliphatic carbocycles. The molecule has 2 aromatic carbocycles. The predicted octanol–water partition coefficient (Wildman–Crippen LogP) is 4.93. The van der Waals surface area contributed by atoms with E-state index in [0.717, 1.165) is 16.5 Å². The molecule has 1 heterocycles. The van der Waals surface area contributed by atoms with Gasteiger partial charge in [-0.25, -0.2) is 0 Å². The average molecular weight is 285 g/mol. The Morgan fingerprint density at radius 1 is 1.05 bits per heavy atom. The number of carbonyl (C=O) groups is 1. The molecule has 0 atom stereocenters. The standard InChI is InChI=1S/C17H13ClO2/c1-10-6-11(2)8-13(7-10)16(19)15-9-12-4-3-5-14(18)17(12)20-15/h3-9H,1-2H3. The van der Waals surface area contributed by atoms with Gasteiger partial charge in [-0.3, -0.25) is 4.79 Å². The normalized spacial score (nSPS) is 10.9. The SMILES string of the molecule is Cc1cc(C)cc(C(=O)c2cc3cccc(Cl)c3o2)c1. The molecule has 0 aliphatic heterocycles. The third-order valence-corrected chi connectivity index (χ3v) is 3.50. The molecular formula is C17H13ClO2. The fourth-order valence-electron chi connectivity index (χ4n) is 2.39. The number of ketones is 1. The van der Waals surface area contributed by atoms with Crippen molar-refractivity contribution in [1.82, 2.24) is 0 Å². The van der Waals surface area contributed by atoms with Crippen molar-refractivity contribution in [1.29, 1.82) is 0 Å². The quantitative estimate of drug-likeness (QED) is 0.624. The highest BCUT2D eigenvalue weighted by molar-refractivity contribution is 6.35. The number of furan rings is 1. The zero-order chi connectivity index (χ0) is 14.3. The number of fused-ring (bicyclic) bond motifs is 1. The molecule has 0 unspecified atom stereocenters. The number of aryl methyl sites for hydroxylation is 2. The molecule has 1 aromatic heterocycles. The Balaban J connectivity index is 2.10. The van der Waals surface area contributed by atoms with E-state index in [-0.39, 0.29) is 5.78 Å². The van der Waals surface area contributed by atoms with Gasteiger partial charge in [0.15, 0.2) is 11.3 Å². The van der Waals surface area contributed by atoms with Crippen molar-refractivity contribution < 1.29 is 9.21 Å². The number of hydrogen-bond donors (Lipinski definition) is 0. The lowest BCUT2D eigenvalue weighted by Crippen LogP contribution is -2.00. The van der Waals surface area contributed by atoms with E-state index in [1.807, 2.05) is 44.2 Å². The molecule has 0 fully saturated rings. The summed E-state index contributed by atoms with van der Waals surface area (Å²) >= 11 is 6.07. The molecule has 20 heavy (non-hydrogen) atoms. The van der Waals surface area contributed by atoms with Crippen LogP contribution in [0.1, 0.15) is 27.2 Å². The maximum absolute atomic E-state index is 12.5. The van der Waals surface area contributed by atoms with Crippen molar-refractivity contribution in [2.24, 2.45) is 0 Å². The van der Waals surface area contributed by atoms with E-state index < -0.39 is 0 Å². The Kier molecular flexibility index (Phi) is 3.11.